The monoisotopic (exact) mass is 305 g/mol. The average Bonchev–Trinajstić information content (AvgIpc) is 2.98. The van der Waals surface area contributed by atoms with Gasteiger partial charge in [-0.15, -0.1) is 0 Å². The number of hydrazone groups is 1. The maximum atomic E-state index is 12.3. The van der Waals surface area contributed by atoms with Crippen LogP contribution >= 0.6 is 0 Å². The van der Waals surface area contributed by atoms with Crippen molar-refractivity contribution in [1.82, 2.24) is 4.90 Å². The second-order valence-electron chi connectivity index (χ2n) is 5.00. The van der Waals surface area contributed by atoms with Gasteiger partial charge in [0.2, 0.25) is 0 Å². The minimum atomic E-state index is -1.00. The van der Waals surface area contributed by atoms with E-state index >= 15 is 0 Å². The summed E-state index contributed by atoms with van der Waals surface area (Å²) in [5.41, 5.74) is 0.895. The highest BCUT2D eigenvalue weighted by Crippen LogP contribution is 2.25. The number of aliphatic carboxylic acids is 1. The van der Waals surface area contributed by atoms with Crippen LogP contribution in [-0.2, 0) is 14.3 Å². The number of carbonyl (C=O) groups excluding carboxylic acids is 1. The van der Waals surface area contributed by atoms with Crippen LogP contribution in [0.25, 0.3) is 0 Å². The second-order valence-corrected chi connectivity index (χ2v) is 5.00. The minimum Gasteiger partial charge on any atom is -0.480 e. The van der Waals surface area contributed by atoms with Crippen LogP contribution in [0.15, 0.2) is 35.4 Å². The van der Waals surface area contributed by atoms with Crippen LogP contribution in [0.4, 0.5) is 5.69 Å². The zero-order valence-electron chi connectivity index (χ0n) is 12.6. The van der Waals surface area contributed by atoms with E-state index in [0.29, 0.717) is 18.8 Å². The Morgan fingerprint density at radius 3 is 2.68 bits per heavy atom. The number of nitrogens with zero attached hydrogens (tertiary/aromatic N) is 3. The van der Waals surface area contributed by atoms with E-state index in [1.165, 1.54) is 9.91 Å². The lowest BCUT2D eigenvalue weighted by Gasteiger charge is -2.19. The lowest BCUT2D eigenvalue weighted by atomic mass is 10.1. The predicted octanol–water partition coefficient (Wildman–Crippen LogP) is 0.811. The van der Waals surface area contributed by atoms with Crippen molar-refractivity contribution in [2.24, 2.45) is 5.10 Å². The van der Waals surface area contributed by atoms with E-state index in [1.54, 1.807) is 38.4 Å². The van der Waals surface area contributed by atoms with E-state index in [-0.39, 0.29) is 18.0 Å². The maximum Gasteiger partial charge on any atom is 0.328 e. The largest absolute Gasteiger partial charge is 0.480 e. The third-order valence-corrected chi connectivity index (χ3v) is 3.44. The summed E-state index contributed by atoms with van der Waals surface area (Å²) >= 11 is 0. The van der Waals surface area contributed by atoms with Crippen LogP contribution < -0.4 is 5.01 Å². The number of amides is 1. The zero-order valence-corrected chi connectivity index (χ0v) is 12.6. The van der Waals surface area contributed by atoms with E-state index < -0.39 is 12.0 Å². The smallest absolute Gasteiger partial charge is 0.328 e. The topological polar surface area (TPSA) is 82.4 Å². The molecular weight excluding hydrogens is 286 g/mol. The summed E-state index contributed by atoms with van der Waals surface area (Å²) in [6.07, 6.45) is 0.0837. The SMILES string of the molecule is COCCN(C)C(=O)C1=NN(c2ccccc2)C(C(=O)O)C1. The van der Waals surface area contributed by atoms with Crippen LogP contribution in [0.1, 0.15) is 6.42 Å². The molecule has 0 spiro atoms. The van der Waals surface area contributed by atoms with Gasteiger partial charge in [-0.05, 0) is 12.1 Å². The van der Waals surface area contributed by atoms with Crippen molar-refractivity contribution in [3.8, 4) is 0 Å². The number of carboxylic acid groups (broad SMARTS) is 1. The summed E-state index contributed by atoms with van der Waals surface area (Å²) in [4.78, 5) is 25.2. The van der Waals surface area contributed by atoms with E-state index in [4.69, 9.17) is 4.74 Å². The highest BCUT2D eigenvalue weighted by molar-refractivity contribution is 6.40. The summed E-state index contributed by atoms with van der Waals surface area (Å²) in [5.74, 6) is -1.28. The molecule has 1 aromatic carbocycles. The van der Waals surface area contributed by atoms with Gasteiger partial charge in [-0.3, -0.25) is 9.80 Å². The molecule has 1 heterocycles. The fourth-order valence-electron chi connectivity index (χ4n) is 2.20. The Morgan fingerprint density at radius 1 is 1.41 bits per heavy atom. The number of likely N-dealkylation sites (N-methyl/N-ethyl adjacent to an activating group) is 1. The van der Waals surface area contributed by atoms with Crippen molar-refractivity contribution in [1.29, 1.82) is 0 Å². The minimum absolute atomic E-state index is 0.0837. The standard InChI is InChI=1S/C15H19N3O4/c1-17(8-9-22-2)14(19)12-10-13(15(20)21)18(16-12)11-6-4-3-5-7-11/h3-7,13H,8-10H2,1-2H3,(H,20,21). The first-order valence-electron chi connectivity index (χ1n) is 6.93. The van der Waals surface area contributed by atoms with Crippen molar-refractivity contribution < 1.29 is 19.4 Å². The molecule has 1 aliphatic rings. The van der Waals surface area contributed by atoms with Gasteiger partial charge in [0.15, 0.2) is 6.04 Å². The Labute approximate surface area is 128 Å². The van der Waals surface area contributed by atoms with Gasteiger partial charge in [-0.1, -0.05) is 18.2 Å². The summed E-state index contributed by atoms with van der Waals surface area (Å²) in [5, 5.41) is 15.0. The van der Waals surface area contributed by atoms with Crippen LogP contribution in [-0.4, -0.2) is 60.9 Å². The number of benzene rings is 1. The molecule has 1 amide bonds. The lowest BCUT2D eigenvalue weighted by Crippen LogP contribution is -2.37. The number of rotatable bonds is 6. The number of anilines is 1. The summed E-state index contributed by atoms with van der Waals surface area (Å²) < 4.78 is 4.94. The van der Waals surface area contributed by atoms with Crippen LogP contribution in [0.5, 0.6) is 0 Å². The van der Waals surface area contributed by atoms with Gasteiger partial charge in [0.25, 0.3) is 5.91 Å². The summed E-state index contributed by atoms with van der Waals surface area (Å²) in [6, 6.07) is 8.10. The predicted molar refractivity (Wildman–Crippen MR) is 81.9 cm³/mol. The van der Waals surface area contributed by atoms with Gasteiger partial charge in [0, 0.05) is 27.1 Å². The Morgan fingerprint density at radius 2 is 2.09 bits per heavy atom. The number of carboxylic acids is 1. The molecule has 0 radical (unpaired) electrons. The molecule has 1 N–H and O–H groups in total. The van der Waals surface area contributed by atoms with Crippen LogP contribution in [0.3, 0.4) is 0 Å². The number of carbonyl (C=O) groups is 2. The number of methoxy groups -OCH3 is 1. The first kappa shape index (κ1) is 16.0. The van der Waals surface area contributed by atoms with Gasteiger partial charge < -0.3 is 14.7 Å². The fraction of sp³-hybridized carbons (Fsp3) is 0.400. The molecule has 1 aromatic rings. The van der Waals surface area contributed by atoms with E-state index in [2.05, 4.69) is 5.10 Å². The van der Waals surface area contributed by atoms with Gasteiger partial charge in [0.1, 0.15) is 5.71 Å². The molecule has 2 rings (SSSR count). The summed E-state index contributed by atoms with van der Waals surface area (Å²) in [6.45, 7) is 0.845. The molecule has 1 atom stereocenters. The summed E-state index contributed by atoms with van der Waals surface area (Å²) in [7, 11) is 3.20. The average molecular weight is 305 g/mol. The van der Waals surface area contributed by atoms with E-state index in [0.717, 1.165) is 0 Å². The van der Waals surface area contributed by atoms with Gasteiger partial charge >= 0.3 is 5.97 Å². The van der Waals surface area contributed by atoms with Crippen molar-refractivity contribution >= 4 is 23.3 Å². The first-order valence-corrected chi connectivity index (χ1v) is 6.93. The lowest BCUT2D eigenvalue weighted by molar-refractivity contribution is -0.138. The first-order chi connectivity index (χ1) is 10.5. The molecule has 118 valence electrons. The molecule has 0 saturated heterocycles. The molecular formula is C15H19N3O4. The van der Waals surface area contributed by atoms with Gasteiger partial charge in [-0.25, -0.2) is 4.79 Å². The molecule has 22 heavy (non-hydrogen) atoms. The molecule has 1 unspecified atom stereocenters. The third kappa shape index (κ3) is 3.43. The maximum absolute atomic E-state index is 12.3. The number of para-hydroxylation sites is 1. The fourth-order valence-corrected chi connectivity index (χ4v) is 2.20. The Balaban J connectivity index is 2.20. The second kappa shape index (κ2) is 7.04. The van der Waals surface area contributed by atoms with Crippen molar-refractivity contribution in [2.75, 3.05) is 32.3 Å². The molecule has 7 nitrogen and oxygen atoms in total. The van der Waals surface area contributed by atoms with E-state index in [9.17, 15) is 14.7 Å². The zero-order chi connectivity index (χ0) is 16.1. The molecule has 0 aromatic heterocycles. The Bertz CT molecular complexity index is 573. The van der Waals surface area contributed by atoms with E-state index in [1.807, 2.05) is 6.07 Å². The molecule has 0 bridgehead atoms. The van der Waals surface area contributed by atoms with Crippen LogP contribution in [0.2, 0.25) is 0 Å². The van der Waals surface area contributed by atoms with Gasteiger partial charge in [0.05, 0.1) is 12.3 Å². The highest BCUT2D eigenvalue weighted by atomic mass is 16.5. The highest BCUT2D eigenvalue weighted by Gasteiger charge is 2.36. The molecule has 0 saturated carbocycles. The molecule has 1 aliphatic heterocycles. The number of hydrogen-bond acceptors (Lipinski definition) is 5. The number of hydrogen-bond donors (Lipinski definition) is 1. The Kier molecular flexibility index (Phi) is 5.11. The third-order valence-electron chi connectivity index (χ3n) is 3.44. The van der Waals surface area contributed by atoms with Crippen molar-refractivity contribution in [3.05, 3.63) is 30.3 Å². The number of ether oxygens (including phenoxy) is 1. The van der Waals surface area contributed by atoms with Gasteiger partial charge in [-0.2, -0.15) is 5.10 Å². The Hall–Kier alpha value is -2.41. The van der Waals surface area contributed by atoms with Crippen LogP contribution in [0, 0.1) is 0 Å². The molecule has 7 heteroatoms. The van der Waals surface area contributed by atoms with Crippen molar-refractivity contribution in [2.45, 2.75) is 12.5 Å². The molecule has 0 fully saturated rings. The van der Waals surface area contributed by atoms with Crippen molar-refractivity contribution in [3.63, 3.8) is 0 Å². The molecule has 0 aliphatic carbocycles. The normalized spacial score (nSPS) is 17.3. The quantitative estimate of drug-likeness (QED) is 0.841.